The number of benzene rings is 1. The summed E-state index contributed by atoms with van der Waals surface area (Å²) in [6.07, 6.45) is 3.19. The zero-order chi connectivity index (χ0) is 14.9. The van der Waals surface area contributed by atoms with Crippen LogP contribution in [0.4, 0.5) is 0 Å². The van der Waals surface area contributed by atoms with Crippen molar-refractivity contribution in [2.24, 2.45) is 0 Å². The molecule has 0 unspecified atom stereocenters. The van der Waals surface area contributed by atoms with Crippen LogP contribution in [0.3, 0.4) is 0 Å². The van der Waals surface area contributed by atoms with Gasteiger partial charge >= 0.3 is 0 Å². The molecule has 1 heterocycles. The molecule has 21 heavy (non-hydrogen) atoms. The second-order valence-corrected chi connectivity index (χ2v) is 4.66. The number of rotatable bonds is 8. The van der Waals surface area contributed by atoms with Crippen LogP contribution in [-0.4, -0.2) is 19.1 Å². The number of carbonyl (C=O) groups is 1. The maximum Gasteiger partial charge on any atom is 0.281 e. The Morgan fingerprint density at radius 1 is 1.24 bits per heavy atom. The van der Waals surface area contributed by atoms with Crippen molar-refractivity contribution in [2.75, 3.05) is 13.2 Å². The van der Waals surface area contributed by atoms with Gasteiger partial charge in [-0.2, -0.15) is 0 Å². The van der Waals surface area contributed by atoms with Crippen molar-refractivity contribution in [2.45, 2.75) is 19.8 Å². The highest BCUT2D eigenvalue weighted by Gasteiger charge is 2.03. The topological polar surface area (TPSA) is 60.7 Å². The molecule has 1 N–H and O–H groups in total. The molecule has 0 aliphatic carbocycles. The highest BCUT2D eigenvalue weighted by molar-refractivity contribution is 5.76. The summed E-state index contributed by atoms with van der Waals surface area (Å²) >= 11 is 0. The monoisotopic (exact) mass is 289 g/mol. The fraction of sp³-hybridized carbons (Fsp3) is 0.312. The van der Waals surface area contributed by atoms with E-state index in [1.165, 1.54) is 0 Å². The lowest BCUT2D eigenvalue weighted by atomic mass is 10.2. The van der Waals surface area contributed by atoms with E-state index in [0.717, 1.165) is 24.2 Å². The molecular weight excluding hydrogens is 270 g/mol. The van der Waals surface area contributed by atoms with Gasteiger partial charge in [0.2, 0.25) is 0 Å². The number of hydroxylamine groups is 1. The van der Waals surface area contributed by atoms with Crippen molar-refractivity contribution < 1.29 is 18.8 Å². The minimum absolute atomic E-state index is 0.0682. The van der Waals surface area contributed by atoms with E-state index >= 15 is 0 Å². The van der Waals surface area contributed by atoms with Crippen LogP contribution in [-0.2, 0) is 16.1 Å². The van der Waals surface area contributed by atoms with E-state index in [4.69, 9.17) is 14.0 Å². The Morgan fingerprint density at radius 3 is 2.76 bits per heavy atom. The molecule has 0 bridgehead atoms. The average Bonchev–Trinajstić information content (AvgIpc) is 2.99. The summed E-state index contributed by atoms with van der Waals surface area (Å²) < 4.78 is 10.5. The van der Waals surface area contributed by atoms with Crippen LogP contribution in [0.25, 0.3) is 0 Å². The third kappa shape index (κ3) is 5.71. The van der Waals surface area contributed by atoms with Gasteiger partial charge in [-0.05, 0) is 37.6 Å². The van der Waals surface area contributed by atoms with Gasteiger partial charge in [0.05, 0.1) is 12.9 Å². The highest BCUT2D eigenvalue weighted by Crippen LogP contribution is 2.10. The maximum absolute atomic E-state index is 11.5. The van der Waals surface area contributed by atoms with E-state index in [-0.39, 0.29) is 12.5 Å². The molecule has 0 aliphatic rings. The summed E-state index contributed by atoms with van der Waals surface area (Å²) in [5.41, 5.74) is 3.49. The van der Waals surface area contributed by atoms with Crippen LogP contribution >= 0.6 is 0 Å². The van der Waals surface area contributed by atoms with Crippen LogP contribution in [0.1, 0.15) is 17.7 Å². The largest absolute Gasteiger partial charge is 0.484 e. The molecular formula is C16H19NO4. The fourth-order valence-corrected chi connectivity index (χ4v) is 1.72. The van der Waals surface area contributed by atoms with Crippen LogP contribution < -0.4 is 10.2 Å². The molecule has 0 saturated heterocycles. The first-order chi connectivity index (χ1) is 10.2. The first-order valence-electron chi connectivity index (χ1n) is 6.86. The highest BCUT2D eigenvalue weighted by atomic mass is 16.7. The fourth-order valence-electron chi connectivity index (χ4n) is 1.72. The van der Waals surface area contributed by atoms with Crippen LogP contribution in [0.15, 0.2) is 47.1 Å². The van der Waals surface area contributed by atoms with Gasteiger partial charge in [-0.25, -0.2) is 5.48 Å². The van der Waals surface area contributed by atoms with Gasteiger partial charge in [-0.15, -0.1) is 0 Å². The SMILES string of the molecule is Cc1ccc(OCC(=O)NOCCCc2ccco2)cc1. The Labute approximate surface area is 123 Å². The predicted molar refractivity (Wildman–Crippen MR) is 77.8 cm³/mol. The number of hydrogen-bond donors (Lipinski definition) is 1. The van der Waals surface area contributed by atoms with Gasteiger partial charge in [0, 0.05) is 6.42 Å². The van der Waals surface area contributed by atoms with Crippen LogP contribution in [0.2, 0.25) is 0 Å². The Morgan fingerprint density at radius 2 is 2.05 bits per heavy atom. The van der Waals surface area contributed by atoms with Gasteiger partial charge in [-0.1, -0.05) is 17.7 Å². The second kappa shape index (κ2) is 8.11. The second-order valence-electron chi connectivity index (χ2n) is 4.66. The normalized spacial score (nSPS) is 10.3. The molecule has 0 radical (unpaired) electrons. The molecule has 0 aliphatic heterocycles. The van der Waals surface area contributed by atoms with Crippen molar-refractivity contribution in [1.82, 2.24) is 5.48 Å². The van der Waals surface area contributed by atoms with E-state index in [9.17, 15) is 4.79 Å². The number of carbonyl (C=O) groups excluding carboxylic acids is 1. The van der Waals surface area contributed by atoms with Gasteiger partial charge in [-0.3, -0.25) is 9.63 Å². The van der Waals surface area contributed by atoms with Gasteiger partial charge in [0.1, 0.15) is 11.5 Å². The molecule has 0 saturated carbocycles. The van der Waals surface area contributed by atoms with Crippen LogP contribution in [0, 0.1) is 6.92 Å². The summed E-state index contributed by atoms with van der Waals surface area (Å²) in [5, 5.41) is 0. The minimum Gasteiger partial charge on any atom is -0.484 e. The standard InChI is InChI=1S/C16H19NO4/c1-13-6-8-15(9-7-13)20-12-16(18)17-21-11-3-5-14-4-2-10-19-14/h2,4,6-10H,3,5,11-12H2,1H3,(H,17,18). The molecule has 1 aromatic carbocycles. The average molecular weight is 289 g/mol. The number of hydrogen-bond acceptors (Lipinski definition) is 4. The summed E-state index contributed by atoms with van der Waals surface area (Å²) in [7, 11) is 0. The van der Waals surface area contributed by atoms with Crippen molar-refractivity contribution >= 4 is 5.91 Å². The van der Waals surface area contributed by atoms with Gasteiger partial charge in [0.25, 0.3) is 5.91 Å². The molecule has 0 fully saturated rings. The summed E-state index contributed by atoms with van der Waals surface area (Å²) in [4.78, 5) is 16.6. The van der Waals surface area contributed by atoms with Crippen molar-refractivity contribution in [3.05, 3.63) is 54.0 Å². The van der Waals surface area contributed by atoms with Crippen molar-refractivity contribution in [1.29, 1.82) is 0 Å². The third-order valence-corrected chi connectivity index (χ3v) is 2.83. The number of furan rings is 1. The molecule has 2 rings (SSSR count). The van der Waals surface area contributed by atoms with E-state index in [2.05, 4.69) is 5.48 Å². The van der Waals surface area contributed by atoms with Crippen molar-refractivity contribution in [3.8, 4) is 5.75 Å². The van der Waals surface area contributed by atoms with Gasteiger partial charge in [0.15, 0.2) is 6.61 Å². The maximum atomic E-state index is 11.5. The number of nitrogens with one attached hydrogen (secondary N) is 1. The summed E-state index contributed by atoms with van der Waals surface area (Å²) in [6.45, 7) is 2.35. The summed E-state index contributed by atoms with van der Waals surface area (Å²) in [5.74, 6) is 1.26. The molecule has 2 aromatic rings. The Balaban J connectivity index is 1.54. The van der Waals surface area contributed by atoms with E-state index < -0.39 is 0 Å². The third-order valence-electron chi connectivity index (χ3n) is 2.83. The molecule has 5 nitrogen and oxygen atoms in total. The molecule has 1 amide bonds. The molecule has 5 heteroatoms. The van der Waals surface area contributed by atoms with E-state index in [1.807, 2.05) is 43.3 Å². The quantitative estimate of drug-likeness (QED) is 0.599. The van der Waals surface area contributed by atoms with Gasteiger partial charge < -0.3 is 9.15 Å². The molecule has 1 aromatic heterocycles. The number of aryl methyl sites for hydroxylation is 2. The van der Waals surface area contributed by atoms with E-state index in [0.29, 0.717) is 12.4 Å². The lowest BCUT2D eigenvalue weighted by Gasteiger charge is -2.07. The molecule has 0 spiro atoms. The lowest BCUT2D eigenvalue weighted by molar-refractivity contribution is -0.135. The smallest absolute Gasteiger partial charge is 0.281 e. The predicted octanol–water partition coefficient (Wildman–Crippen LogP) is 2.65. The zero-order valence-electron chi connectivity index (χ0n) is 12.0. The summed E-state index contributed by atoms with van der Waals surface area (Å²) in [6, 6.07) is 11.3. The van der Waals surface area contributed by atoms with Crippen LogP contribution in [0.5, 0.6) is 5.75 Å². The lowest BCUT2D eigenvalue weighted by Crippen LogP contribution is -2.29. The molecule has 0 atom stereocenters. The number of ether oxygens (including phenoxy) is 1. The Bertz CT molecular complexity index is 534. The zero-order valence-corrected chi connectivity index (χ0v) is 12.0. The first-order valence-corrected chi connectivity index (χ1v) is 6.86. The number of amides is 1. The molecule has 112 valence electrons. The van der Waals surface area contributed by atoms with Crippen molar-refractivity contribution in [3.63, 3.8) is 0 Å². The first kappa shape index (κ1) is 15.1. The minimum atomic E-state index is -0.312. The van der Waals surface area contributed by atoms with E-state index in [1.54, 1.807) is 6.26 Å². The Hall–Kier alpha value is -2.27. The Kier molecular flexibility index (Phi) is 5.84.